The van der Waals surface area contributed by atoms with Gasteiger partial charge in [-0.25, -0.2) is 0 Å². The van der Waals surface area contributed by atoms with E-state index in [4.69, 9.17) is 5.26 Å². The van der Waals surface area contributed by atoms with Crippen molar-refractivity contribution in [1.82, 2.24) is 5.32 Å². The Balaban J connectivity index is 2.87. The van der Waals surface area contributed by atoms with Crippen molar-refractivity contribution in [2.45, 2.75) is 19.9 Å². The summed E-state index contributed by atoms with van der Waals surface area (Å²) in [5.41, 5.74) is 0.161. The van der Waals surface area contributed by atoms with Crippen LogP contribution < -0.4 is 5.32 Å². The number of rotatable bonds is 3. The van der Waals surface area contributed by atoms with Crippen LogP contribution in [0.4, 0.5) is 0 Å². The molecule has 0 bridgehead atoms. The molecule has 0 saturated heterocycles. The largest absolute Gasteiger partial charge is 0.507 e. The average molecular weight is 297 g/mol. The smallest absolute Gasteiger partial charge is 0.256 e. The monoisotopic (exact) mass is 296 g/mol. The lowest BCUT2D eigenvalue weighted by molar-refractivity contribution is 0.0935. The van der Waals surface area contributed by atoms with E-state index in [-0.39, 0.29) is 17.2 Å². The number of phenols is 1. The Morgan fingerprint density at radius 3 is 2.65 bits per heavy atom. The summed E-state index contributed by atoms with van der Waals surface area (Å²) in [7, 11) is 0. The van der Waals surface area contributed by atoms with Crippen LogP contribution in [0.25, 0.3) is 0 Å². The van der Waals surface area contributed by atoms with Crippen molar-refractivity contribution in [3.8, 4) is 11.8 Å². The highest BCUT2D eigenvalue weighted by Gasteiger charge is 2.18. The Morgan fingerprint density at radius 2 is 2.18 bits per heavy atom. The molecule has 0 aliphatic rings. The molecule has 4 nitrogen and oxygen atoms in total. The zero-order valence-electron chi connectivity index (χ0n) is 9.57. The summed E-state index contributed by atoms with van der Waals surface area (Å²) in [6.07, 6.45) is 0. The zero-order chi connectivity index (χ0) is 13.0. The highest BCUT2D eigenvalue weighted by molar-refractivity contribution is 9.10. The molecule has 0 aromatic heterocycles. The highest BCUT2D eigenvalue weighted by Crippen LogP contribution is 2.22. The first-order chi connectivity index (χ1) is 7.95. The number of hydrogen-bond acceptors (Lipinski definition) is 3. The van der Waals surface area contributed by atoms with Gasteiger partial charge in [0.05, 0.1) is 11.6 Å². The number of carbonyl (C=O) groups is 1. The van der Waals surface area contributed by atoms with Gasteiger partial charge in [-0.3, -0.25) is 4.79 Å². The Kier molecular flexibility index (Phi) is 4.53. The van der Waals surface area contributed by atoms with Crippen LogP contribution in [-0.4, -0.2) is 17.1 Å². The lowest BCUT2D eigenvalue weighted by Crippen LogP contribution is -2.37. The molecule has 1 atom stereocenters. The molecule has 1 amide bonds. The topological polar surface area (TPSA) is 73.1 Å². The molecule has 0 fully saturated rings. The molecule has 1 aromatic carbocycles. The van der Waals surface area contributed by atoms with Gasteiger partial charge < -0.3 is 10.4 Å². The predicted octanol–water partition coefficient (Wildman–Crippen LogP) is 2.43. The maximum atomic E-state index is 11.8. The zero-order valence-corrected chi connectivity index (χ0v) is 11.2. The summed E-state index contributed by atoms with van der Waals surface area (Å²) in [5, 5.41) is 21.1. The van der Waals surface area contributed by atoms with Crippen molar-refractivity contribution in [2.24, 2.45) is 5.92 Å². The van der Waals surface area contributed by atoms with Crippen LogP contribution in [0.15, 0.2) is 22.7 Å². The molecule has 0 radical (unpaired) electrons. The van der Waals surface area contributed by atoms with Crippen molar-refractivity contribution in [3.63, 3.8) is 0 Å². The van der Waals surface area contributed by atoms with Crippen LogP contribution >= 0.6 is 15.9 Å². The maximum absolute atomic E-state index is 11.8. The van der Waals surface area contributed by atoms with E-state index in [1.54, 1.807) is 6.07 Å². The van der Waals surface area contributed by atoms with E-state index in [1.807, 2.05) is 19.9 Å². The third kappa shape index (κ3) is 3.46. The van der Waals surface area contributed by atoms with Crippen molar-refractivity contribution in [1.29, 1.82) is 5.26 Å². The van der Waals surface area contributed by atoms with E-state index in [0.717, 1.165) is 0 Å². The first-order valence-corrected chi connectivity index (χ1v) is 5.94. The number of amides is 1. The van der Waals surface area contributed by atoms with Gasteiger partial charge in [-0.1, -0.05) is 29.8 Å². The second-order valence-corrected chi connectivity index (χ2v) is 4.90. The average Bonchev–Trinajstić information content (AvgIpc) is 2.24. The molecule has 1 unspecified atom stereocenters. The minimum Gasteiger partial charge on any atom is -0.507 e. The summed E-state index contributed by atoms with van der Waals surface area (Å²) in [4.78, 5) is 11.8. The molecule has 0 spiro atoms. The number of nitriles is 1. The van der Waals surface area contributed by atoms with Gasteiger partial charge in [0.25, 0.3) is 5.91 Å². The number of carbonyl (C=O) groups excluding carboxylic acids is 1. The van der Waals surface area contributed by atoms with Crippen LogP contribution in [0.1, 0.15) is 24.2 Å². The van der Waals surface area contributed by atoms with Crippen molar-refractivity contribution in [3.05, 3.63) is 28.2 Å². The second kappa shape index (κ2) is 5.69. The minimum absolute atomic E-state index is 0.0153. The lowest BCUT2D eigenvalue weighted by Gasteiger charge is -2.15. The molecule has 0 aliphatic heterocycles. The molecule has 90 valence electrons. The standard InChI is InChI=1S/C12H13BrN2O2/c1-7(2)10(6-14)15-12(17)9-4-3-8(13)5-11(9)16/h3-5,7,10,16H,1-2H3,(H,15,17). The van der Waals surface area contributed by atoms with E-state index in [0.29, 0.717) is 4.47 Å². The first-order valence-electron chi connectivity index (χ1n) is 5.14. The molecule has 1 rings (SSSR count). The number of halogens is 1. The third-order valence-electron chi connectivity index (χ3n) is 2.30. The second-order valence-electron chi connectivity index (χ2n) is 3.99. The first kappa shape index (κ1) is 13.5. The molecule has 0 heterocycles. The molecule has 2 N–H and O–H groups in total. The van der Waals surface area contributed by atoms with Crippen LogP contribution in [0, 0.1) is 17.2 Å². The lowest BCUT2D eigenvalue weighted by atomic mass is 10.1. The van der Waals surface area contributed by atoms with Crippen molar-refractivity contribution < 1.29 is 9.90 Å². The summed E-state index contributed by atoms with van der Waals surface area (Å²) in [6, 6.07) is 6.04. The fourth-order valence-corrected chi connectivity index (χ4v) is 1.61. The predicted molar refractivity (Wildman–Crippen MR) is 67.5 cm³/mol. The third-order valence-corrected chi connectivity index (χ3v) is 2.79. The van der Waals surface area contributed by atoms with Gasteiger partial charge in [0.2, 0.25) is 0 Å². The van der Waals surface area contributed by atoms with E-state index >= 15 is 0 Å². The number of nitrogens with zero attached hydrogens (tertiary/aromatic N) is 1. The molecule has 17 heavy (non-hydrogen) atoms. The van der Waals surface area contributed by atoms with E-state index < -0.39 is 11.9 Å². The van der Waals surface area contributed by atoms with Crippen molar-refractivity contribution >= 4 is 21.8 Å². The number of hydrogen-bond donors (Lipinski definition) is 2. The van der Waals surface area contributed by atoms with E-state index in [1.165, 1.54) is 12.1 Å². The summed E-state index contributed by atoms with van der Waals surface area (Å²) < 4.78 is 0.687. The molecule has 0 aliphatic carbocycles. The number of nitrogens with one attached hydrogen (secondary N) is 1. The SMILES string of the molecule is CC(C)C(C#N)NC(=O)c1ccc(Br)cc1O. The van der Waals surface area contributed by atoms with Gasteiger partial charge in [-0.05, 0) is 24.1 Å². The van der Waals surface area contributed by atoms with Gasteiger partial charge >= 0.3 is 0 Å². The minimum atomic E-state index is -0.564. The fraction of sp³-hybridized carbons (Fsp3) is 0.333. The normalized spacial score (nSPS) is 11.9. The van der Waals surface area contributed by atoms with Gasteiger partial charge in [0.15, 0.2) is 0 Å². The number of phenolic OH excluding ortho intramolecular Hbond substituents is 1. The Hall–Kier alpha value is -1.54. The van der Waals surface area contributed by atoms with Crippen molar-refractivity contribution in [2.75, 3.05) is 0 Å². The fourth-order valence-electron chi connectivity index (χ4n) is 1.26. The molecule has 5 heteroatoms. The summed E-state index contributed by atoms with van der Waals surface area (Å²) in [6.45, 7) is 3.69. The van der Waals surface area contributed by atoms with Crippen LogP contribution in [0.5, 0.6) is 5.75 Å². The Labute approximate surface area is 108 Å². The van der Waals surface area contributed by atoms with E-state index in [9.17, 15) is 9.90 Å². The van der Waals surface area contributed by atoms with E-state index in [2.05, 4.69) is 21.2 Å². The Bertz CT molecular complexity index is 466. The van der Waals surface area contributed by atoms with Gasteiger partial charge in [0, 0.05) is 4.47 Å². The maximum Gasteiger partial charge on any atom is 0.256 e. The van der Waals surface area contributed by atoms with Crippen LogP contribution in [0.3, 0.4) is 0 Å². The molecule has 1 aromatic rings. The Morgan fingerprint density at radius 1 is 1.53 bits per heavy atom. The quantitative estimate of drug-likeness (QED) is 0.900. The molecular weight excluding hydrogens is 284 g/mol. The van der Waals surface area contributed by atoms with Gasteiger partial charge in [-0.2, -0.15) is 5.26 Å². The van der Waals surface area contributed by atoms with Gasteiger partial charge in [-0.15, -0.1) is 0 Å². The summed E-state index contributed by atoms with van der Waals surface area (Å²) in [5.74, 6) is -0.547. The highest BCUT2D eigenvalue weighted by atomic mass is 79.9. The van der Waals surface area contributed by atoms with Crippen LogP contribution in [-0.2, 0) is 0 Å². The summed E-state index contributed by atoms with van der Waals surface area (Å²) >= 11 is 3.19. The molecular formula is C12H13BrN2O2. The van der Waals surface area contributed by atoms with Crippen LogP contribution in [0.2, 0.25) is 0 Å². The number of benzene rings is 1. The molecule has 0 saturated carbocycles. The number of aromatic hydroxyl groups is 1. The van der Waals surface area contributed by atoms with Gasteiger partial charge in [0.1, 0.15) is 11.8 Å².